The lowest BCUT2D eigenvalue weighted by Gasteiger charge is -2.41. The van der Waals surface area contributed by atoms with E-state index in [1.807, 2.05) is 0 Å². The first-order valence-electron chi connectivity index (χ1n) is 4.11. The minimum atomic E-state index is -1.28. The highest BCUT2D eigenvalue weighted by atomic mass is 16.2. The van der Waals surface area contributed by atoms with Crippen LogP contribution in [0.2, 0.25) is 0 Å². The van der Waals surface area contributed by atoms with Gasteiger partial charge in [0, 0.05) is 14.1 Å². The van der Waals surface area contributed by atoms with E-state index in [9.17, 15) is 9.59 Å². The topological polar surface area (TPSA) is 91.0 Å². The summed E-state index contributed by atoms with van der Waals surface area (Å²) in [6.07, 6.45) is 0.813. The summed E-state index contributed by atoms with van der Waals surface area (Å²) in [5.41, 5.74) is 4.62. The summed E-state index contributed by atoms with van der Waals surface area (Å²) in [5, 5.41) is 2.17. The second kappa shape index (κ2) is 2.44. The van der Waals surface area contributed by atoms with Crippen LogP contribution in [-0.4, -0.2) is 54.0 Å². The number of urea groups is 1. The number of nitrogens with one attached hydrogen (secondary N) is 1. The quantitative estimate of drug-likeness (QED) is 0.475. The Morgan fingerprint density at radius 2 is 2.21 bits per heavy atom. The lowest BCUT2D eigenvalue weighted by Crippen LogP contribution is -2.75. The van der Waals surface area contributed by atoms with Crippen molar-refractivity contribution >= 4 is 18.3 Å². The highest BCUT2D eigenvalue weighted by Crippen LogP contribution is 2.25. The fraction of sp³-hybridized carbons (Fsp3) is 0.571. The number of nitrogens with zero attached hydrogens (tertiary/aromatic N) is 3. The molecule has 0 bridgehead atoms. The van der Waals surface area contributed by atoms with Crippen molar-refractivity contribution in [2.75, 3.05) is 14.1 Å². The molecule has 2 heterocycles. The molecule has 7 nitrogen and oxygen atoms in total. The van der Waals surface area contributed by atoms with Crippen LogP contribution in [0.1, 0.15) is 0 Å². The lowest BCUT2D eigenvalue weighted by atomic mass is 10.0. The number of rotatable bonds is 0. The maximum Gasteiger partial charge on any atom is 0.325 e. The van der Waals surface area contributed by atoms with Crippen LogP contribution < -0.4 is 11.1 Å². The van der Waals surface area contributed by atoms with Crippen LogP contribution in [0.3, 0.4) is 0 Å². The summed E-state index contributed by atoms with van der Waals surface area (Å²) < 4.78 is 0. The number of hydrogen-bond acceptors (Lipinski definition) is 5. The van der Waals surface area contributed by atoms with Crippen LogP contribution in [0, 0.1) is 0 Å². The molecule has 1 fully saturated rings. The molecule has 0 aromatic heterocycles. The van der Waals surface area contributed by atoms with Crippen molar-refractivity contribution in [3.63, 3.8) is 0 Å². The molecule has 0 aliphatic carbocycles. The Morgan fingerprint density at radius 3 is 2.86 bits per heavy atom. The molecule has 2 rings (SSSR count). The van der Waals surface area contributed by atoms with E-state index >= 15 is 0 Å². The molecule has 2 unspecified atom stereocenters. The number of aliphatic imine (C=N–C) groups is 1. The first-order valence-corrected chi connectivity index (χ1v) is 4.11. The van der Waals surface area contributed by atoms with Crippen LogP contribution in [0.4, 0.5) is 4.79 Å². The third kappa shape index (κ3) is 0.818. The van der Waals surface area contributed by atoms with Crippen LogP contribution >= 0.6 is 0 Å². The molecule has 2 aliphatic heterocycles. The Labute approximate surface area is 80.5 Å². The van der Waals surface area contributed by atoms with E-state index in [0.29, 0.717) is 0 Å². The van der Waals surface area contributed by atoms with E-state index in [0.717, 1.165) is 0 Å². The van der Waals surface area contributed by atoms with E-state index in [1.165, 1.54) is 16.1 Å². The molecule has 0 aromatic carbocycles. The molecule has 0 saturated carbocycles. The number of hydrogen-bond donors (Lipinski definition) is 2. The number of likely N-dealkylation sites (N-methyl/N-ethyl adjacent to an activating group) is 2. The fourth-order valence-electron chi connectivity index (χ4n) is 1.62. The Hall–Kier alpha value is -1.63. The van der Waals surface area contributed by atoms with Gasteiger partial charge in [-0.1, -0.05) is 0 Å². The highest BCUT2D eigenvalue weighted by molar-refractivity contribution is 6.04. The molecule has 2 atom stereocenters. The average molecular weight is 197 g/mol. The molecule has 14 heavy (non-hydrogen) atoms. The molecule has 7 heteroatoms. The van der Waals surface area contributed by atoms with Crippen molar-refractivity contribution in [1.82, 2.24) is 15.1 Å². The number of imide groups is 1. The van der Waals surface area contributed by atoms with Gasteiger partial charge in [0.15, 0.2) is 6.17 Å². The SMILES string of the molecule is CN1C(=O)NC(=O)C2(N)C1N=CN2C. The summed E-state index contributed by atoms with van der Waals surface area (Å²) in [5.74, 6) is -0.523. The van der Waals surface area contributed by atoms with Gasteiger partial charge in [0.2, 0.25) is 5.66 Å². The maximum absolute atomic E-state index is 11.6. The molecule has 3 amide bonds. The maximum atomic E-state index is 11.6. The van der Waals surface area contributed by atoms with Crippen LogP contribution in [0.25, 0.3) is 0 Å². The van der Waals surface area contributed by atoms with Gasteiger partial charge in [-0.15, -0.1) is 0 Å². The van der Waals surface area contributed by atoms with Crippen LogP contribution in [0.5, 0.6) is 0 Å². The number of carbonyl (C=O) groups is 2. The lowest BCUT2D eigenvalue weighted by molar-refractivity contribution is -0.133. The van der Waals surface area contributed by atoms with Crippen LogP contribution in [0.15, 0.2) is 4.99 Å². The van der Waals surface area contributed by atoms with Gasteiger partial charge in [0.05, 0.1) is 6.34 Å². The van der Waals surface area contributed by atoms with E-state index in [-0.39, 0.29) is 0 Å². The minimum absolute atomic E-state index is 0.478. The van der Waals surface area contributed by atoms with Gasteiger partial charge >= 0.3 is 6.03 Å². The number of nitrogens with two attached hydrogens (primary N) is 1. The van der Waals surface area contributed by atoms with Crippen LogP contribution in [-0.2, 0) is 4.79 Å². The van der Waals surface area contributed by atoms with Gasteiger partial charge in [0.25, 0.3) is 5.91 Å². The normalized spacial score (nSPS) is 36.1. The van der Waals surface area contributed by atoms with Crippen molar-refractivity contribution in [3.05, 3.63) is 0 Å². The third-order valence-corrected chi connectivity index (χ3v) is 2.63. The summed E-state index contributed by atoms with van der Waals surface area (Å²) in [4.78, 5) is 29.6. The zero-order valence-electron chi connectivity index (χ0n) is 7.89. The van der Waals surface area contributed by atoms with E-state index in [2.05, 4.69) is 10.3 Å². The van der Waals surface area contributed by atoms with Crippen molar-refractivity contribution in [2.24, 2.45) is 10.7 Å². The number of amides is 3. The largest absolute Gasteiger partial charge is 0.337 e. The van der Waals surface area contributed by atoms with Gasteiger partial charge in [-0.2, -0.15) is 0 Å². The molecule has 0 aromatic rings. The summed E-state index contributed by atoms with van der Waals surface area (Å²) in [6.45, 7) is 0. The predicted molar refractivity (Wildman–Crippen MR) is 48.3 cm³/mol. The standard InChI is InChI=1S/C7H11N5O2/c1-11-3-9-4-7(11,8)5(13)10-6(14)12(4)2/h3-4H,8H2,1-2H3,(H,10,13,14). The Morgan fingerprint density at radius 1 is 1.57 bits per heavy atom. The first kappa shape index (κ1) is 8.95. The second-order valence-electron chi connectivity index (χ2n) is 3.44. The Bertz CT molecular complexity index is 341. The fourth-order valence-corrected chi connectivity index (χ4v) is 1.62. The van der Waals surface area contributed by atoms with E-state index in [1.54, 1.807) is 14.1 Å². The predicted octanol–water partition coefficient (Wildman–Crippen LogP) is -1.88. The minimum Gasteiger partial charge on any atom is -0.337 e. The zero-order valence-corrected chi connectivity index (χ0v) is 7.89. The molecule has 2 aliphatic rings. The molecule has 0 radical (unpaired) electrons. The zero-order chi connectivity index (χ0) is 10.5. The molecule has 0 spiro atoms. The van der Waals surface area contributed by atoms with Gasteiger partial charge in [-0.05, 0) is 0 Å². The molecular weight excluding hydrogens is 186 g/mol. The summed E-state index contributed by atoms with van der Waals surface area (Å²) in [7, 11) is 3.19. The Balaban J connectivity index is 2.43. The smallest absolute Gasteiger partial charge is 0.325 e. The first-order chi connectivity index (χ1) is 6.48. The van der Waals surface area contributed by atoms with Gasteiger partial charge in [0.1, 0.15) is 0 Å². The third-order valence-electron chi connectivity index (χ3n) is 2.63. The monoisotopic (exact) mass is 197 g/mol. The molecular formula is C7H11N5O2. The van der Waals surface area contributed by atoms with Gasteiger partial charge < -0.3 is 9.80 Å². The molecule has 3 N–H and O–H groups in total. The molecule has 76 valence electrons. The Kier molecular flexibility index (Phi) is 1.56. The van der Waals surface area contributed by atoms with Crippen molar-refractivity contribution < 1.29 is 9.59 Å². The van der Waals surface area contributed by atoms with Crippen molar-refractivity contribution in [3.8, 4) is 0 Å². The number of carbonyl (C=O) groups excluding carboxylic acids is 2. The average Bonchev–Trinajstić information content (AvgIpc) is 2.42. The number of fused-ring (bicyclic) bond motifs is 1. The molecule has 1 saturated heterocycles. The second-order valence-corrected chi connectivity index (χ2v) is 3.44. The van der Waals surface area contributed by atoms with Gasteiger partial charge in [-0.25, -0.2) is 9.79 Å². The van der Waals surface area contributed by atoms with Crippen molar-refractivity contribution in [1.29, 1.82) is 0 Å². The van der Waals surface area contributed by atoms with Crippen molar-refractivity contribution in [2.45, 2.75) is 11.8 Å². The van der Waals surface area contributed by atoms with Gasteiger partial charge in [-0.3, -0.25) is 15.8 Å². The highest BCUT2D eigenvalue weighted by Gasteiger charge is 2.55. The van der Waals surface area contributed by atoms with E-state index in [4.69, 9.17) is 5.73 Å². The summed E-state index contributed by atoms with van der Waals surface area (Å²) in [6, 6.07) is -0.478. The summed E-state index contributed by atoms with van der Waals surface area (Å²) >= 11 is 0. The van der Waals surface area contributed by atoms with E-state index < -0.39 is 23.8 Å².